The van der Waals surface area contributed by atoms with Crippen molar-refractivity contribution in [2.45, 2.75) is 211 Å². The fourth-order valence-corrected chi connectivity index (χ4v) is 7.19. The highest BCUT2D eigenvalue weighted by molar-refractivity contribution is 7.47. The number of phosphoric acid groups is 1. The van der Waals surface area contributed by atoms with Gasteiger partial charge in [0.25, 0.3) is 0 Å². The molecule has 0 aromatic heterocycles. The maximum Gasteiger partial charge on any atom is 0.472 e. The molecule has 1 saturated carbocycles. The molecule has 1 aliphatic rings. The van der Waals surface area contributed by atoms with Crippen LogP contribution in [0.2, 0.25) is 0 Å². The molecule has 0 saturated heterocycles. The van der Waals surface area contributed by atoms with Gasteiger partial charge in [-0.3, -0.25) is 18.6 Å². The molecular weight excluding hydrogens is 707 g/mol. The van der Waals surface area contributed by atoms with E-state index in [1.165, 1.54) is 64.2 Å². The van der Waals surface area contributed by atoms with Gasteiger partial charge in [0.2, 0.25) is 0 Å². The number of allylic oxidation sites excluding steroid dienone is 2. The number of aliphatic hydroxyl groups is 5. The van der Waals surface area contributed by atoms with Gasteiger partial charge in [-0.25, -0.2) is 4.57 Å². The zero-order valence-electron chi connectivity index (χ0n) is 32.6. The Morgan fingerprint density at radius 3 is 1.45 bits per heavy atom. The fraction of sp³-hybridized carbons (Fsp3) is 0.897. The minimum atomic E-state index is -5.10. The molecule has 14 heteroatoms. The first-order valence-corrected chi connectivity index (χ1v) is 22.0. The molecule has 1 rings (SSSR count). The standard InChI is InChI=1S/C39H73O13P/c1-3-5-7-9-11-13-15-16-18-19-21-23-25-27-32(40)49-29-31(51-33(41)28-26-24-22-20-17-14-12-10-8-6-4-2)30-50-53(47,48)52-39-37(45)35(43)34(42)36(44)38(39)46/h13,15,31,34-39,42-46H,3-12,14,16-30H2,1-2H3,(H,47,48)/b15-13+/t31-,34?,35-,36?,37?,38?,39?/m1/s1. The average molecular weight is 781 g/mol. The van der Waals surface area contributed by atoms with E-state index in [4.69, 9.17) is 18.5 Å². The Hall–Kier alpha value is -1.41. The summed E-state index contributed by atoms with van der Waals surface area (Å²) in [4.78, 5) is 35.5. The molecule has 6 N–H and O–H groups in total. The van der Waals surface area contributed by atoms with Crippen molar-refractivity contribution in [2.75, 3.05) is 13.2 Å². The van der Waals surface area contributed by atoms with E-state index < -0.39 is 75.7 Å². The molecule has 53 heavy (non-hydrogen) atoms. The lowest BCUT2D eigenvalue weighted by atomic mass is 9.85. The Morgan fingerprint density at radius 2 is 0.962 bits per heavy atom. The zero-order chi connectivity index (χ0) is 39.3. The molecule has 0 aromatic carbocycles. The SMILES string of the molecule is CCCCCC/C=C/CCCCCCCC(=O)OC[C@H](COP(=O)(O)OC1C(O)C(O)C(O)[C@@H](O)C1O)OC(=O)CCCCCCCCCCCCC. The number of carbonyl (C=O) groups excluding carboxylic acids is 2. The molecule has 1 fully saturated rings. The van der Waals surface area contributed by atoms with Crippen LogP contribution in [0, 0.1) is 0 Å². The summed E-state index contributed by atoms with van der Waals surface area (Å²) in [6.07, 6.45) is 15.7. The monoisotopic (exact) mass is 780 g/mol. The van der Waals surface area contributed by atoms with E-state index in [1.807, 2.05) is 0 Å². The van der Waals surface area contributed by atoms with Gasteiger partial charge < -0.3 is 39.9 Å². The van der Waals surface area contributed by atoms with Gasteiger partial charge in [-0.2, -0.15) is 0 Å². The van der Waals surface area contributed by atoms with Crippen LogP contribution in [0.25, 0.3) is 0 Å². The van der Waals surface area contributed by atoms with Crippen LogP contribution >= 0.6 is 7.82 Å². The number of hydrogen-bond acceptors (Lipinski definition) is 12. The first-order chi connectivity index (χ1) is 25.4. The summed E-state index contributed by atoms with van der Waals surface area (Å²) in [5, 5.41) is 49.9. The smallest absolute Gasteiger partial charge is 0.462 e. The van der Waals surface area contributed by atoms with Gasteiger partial charge in [-0.15, -0.1) is 0 Å². The van der Waals surface area contributed by atoms with Gasteiger partial charge in [0.05, 0.1) is 6.61 Å². The van der Waals surface area contributed by atoms with Crippen LogP contribution in [0.3, 0.4) is 0 Å². The highest BCUT2D eigenvalue weighted by Gasteiger charge is 2.51. The lowest BCUT2D eigenvalue weighted by Gasteiger charge is -2.41. The molecule has 0 spiro atoms. The summed E-state index contributed by atoms with van der Waals surface area (Å²) in [5.41, 5.74) is 0. The van der Waals surface area contributed by atoms with Crippen LogP contribution in [0.4, 0.5) is 0 Å². The highest BCUT2D eigenvalue weighted by atomic mass is 31.2. The van der Waals surface area contributed by atoms with Crippen molar-refractivity contribution in [1.29, 1.82) is 0 Å². The van der Waals surface area contributed by atoms with Gasteiger partial charge in [-0.1, -0.05) is 129 Å². The van der Waals surface area contributed by atoms with Gasteiger partial charge in [-0.05, 0) is 38.5 Å². The second-order valence-electron chi connectivity index (χ2n) is 14.5. The number of esters is 2. The van der Waals surface area contributed by atoms with Crippen LogP contribution in [0.1, 0.15) is 168 Å². The maximum absolute atomic E-state index is 12.7. The minimum Gasteiger partial charge on any atom is -0.462 e. The number of aliphatic hydroxyl groups excluding tert-OH is 5. The molecule has 1 aliphatic carbocycles. The summed E-state index contributed by atoms with van der Waals surface area (Å²) in [6.45, 7) is 3.24. The molecule has 0 heterocycles. The second kappa shape index (κ2) is 30.8. The molecule has 6 unspecified atom stereocenters. The van der Waals surface area contributed by atoms with Crippen LogP contribution < -0.4 is 0 Å². The Bertz CT molecular complexity index is 996. The van der Waals surface area contributed by atoms with Gasteiger partial charge >= 0.3 is 19.8 Å². The Labute approximate surface area is 318 Å². The summed E-state index contributed by atoms with van der Waals surface area (Å²) in [6, 6.07) is 0. The van der Waals surface area contributed by atoms with Crippen molar-refractivity contribution in [3.05, 3.63) is 12.2 Å². The van der Waals surface area contributed by atoms with Crippen molar-refractivity contribution < 1.29 is 63.1 Å². The molecule has 0 amide bonds. The molecule has 13 nitrogen and oxygen atoms in total. The Kier molecular flexibility index (Phi) is 28.8. The largest absolute Gasteiger partial charge is 0.472 e. The highest BCUT2D eigenvalue weighted by Crippen LogP contribution is 2.47. The van der Waals surface area contributed by atoms with E-state index in [0.717, 1.165) is 64.2 Å². The molecule has 0 radical (unpaired) electrons. The zero-order valence-corrected chi connectivity index (χ0v) is 33.5. The van der Waals surface area contributed by atoms with Crippen molar-refractivity contribution in [3.63, 3.8) is 0 Å². The molecular formula is C39H73O13P. The van der Waals surface area contributed by atoms with Crippen LogP contribution in [0.5, 0.6) is 0 Å². The van der Waals surface area contributed by atoms with Gasteiger partial charge in [0.15, 0.2) is 6.10 Å². The Morgan fingerprint density at radius 1 is 0.566 bits per heavy atom. The summed E-state index contributed by atoms with van der Waals surface area (Å²) in [7, 11) is -5.10. The van der Waals surface area contributed by atoms with Crippen molar-refractivity contribution >= 4 is 19.8 Å². The number of unbranched alkanes of at least 4 members (excludes halogenated alkanes) is 19. The molecule has 8 atom stereocenters. The molecule has 0 aromatic rings. The number of ether oxygens (including phenoxy) is 2. The van der Waals surface area contributed by atoms with E-state index in [9.17, 15) is 44.6 Å². The van der Waals surface area contributed by atoms with E-state index in [1.54, 1.807) is 0 Å². The fourth-order valence-electron chi connectivity index (χ4n) is 6.22. The molecule has 312 valence electrons. The Balaban J connectivity index is 2.52. The van der Waals surface area contributed by atoms with Crippen molar-refractivity contribution in [2.24, 2.45) is 0 Å². The minimum absolute atomic E-state index is 0.0993. The number of hydrogen-bond donors (Lipinski definition) is 6. The van der Waals surface area contributed by atoms with Crippen LogP contribution in [-0.2, 0) is 32.7 Å². The first kappa shape index (κ1) is 49.6. The summed E-state index contributed by atoms with van der Waals surface area (Å²) >= 11 is 0. The van der Waals surface area contributed by atoms with E-state index in [0.29, 0.717) is 12.8 Å². The van der Waals surface area contributed by atoms with Crippen molar-refractivity contribution in [3.8, 4) is 0 Å². The third-order valence-corrected chi connectivity index (χ3v) is 10.6. The quantitative estimate of drug-likeness (QED) is 0.0177. The normalized spacial score (nSPS) is 23.5. The lowest BCUT2D eigenvalue weighted by Crippen LogP contribution is -2.64. The van der Waals surface area contributed by atoms with E-state index in [-0.39, 0.29) is 12.8 Å². The third kappa shape index (κ3) is 24.0. The maximum atomic E-state index is 12.7. The van der Waals surface area contributed by atoms with Crippen molar-refractivity contribution in [1.82, 2.24) is 0 Å². The predicted molar refractivity (Wildman–Crippen MR) is 203 cm³/mol. The van der Waals surface area contributed by atoms with Gasteiger partial charge in [0.1, 0.15) is 43.2 Å². The van der Waals surface area contributed by atoms with Gasteiger partial charge in [0, 0.05) is 12.8 Å². The lowest BCUT2D eigenvalue weighted by molar-refractivity contribution is -0.220. The van der Waals surface area contributed by atoms with Crippen LogP contribution in [-0.4, -0.2) is 98.3 Å². The topological polar surface area (TPSA) is 210 Å². The second-order valence-corrected chi connectivity index (χ2v) is 15.9. The first-order valence-electron chi connectivity index (χ1n) is 20.5. The summed E-state index contributed by atoms with van der Waals surface area (Å²) in [5.74, 6) is -1.11. The summed E-state index contributed by atoms with van der Waals surface area (Å²) < 4.78 is 33.3. The number of phosphoric ester groups is 1. The third-order valence-electron chi connectivity index (χ3n) is 9.61. The molecule has 0 aliphatic heterocycles. The number of carbonyl (C=O) groups is 2. The van der Waals surface area contributed by atoms with E-state index in [2.05, 4.69) is 26.0 Å². The van der Waals surface area contributed by atoms with E-state index >= 15 is 0 Å². The number of rotatable bonds is 33. The average Bonchev–Trinajstić information content (AvgIpc) is 3.13. The molecule has 0 bridgehead atoms. The predicted octanol–water partition coefficient (Wildman–Crippen LogP) is 6.72. The van der Waals surface area contributed by atoms with Crippen LogP contribution in [0.15, 0.2) is 12.2 Å².